The molecule has 4 aromatic rings. The zero-order chi connectivity index (χ0) is 29.8. The number of nitrogens with zero attached hydrogens (tertiary/aromatic N) is 2. The van der Waals surface area contributed by atoms with Gasteiger partial charge in [0.15, 0.2) is 11.6 Å². The van der Waals surface area contributed by atoms with Crippen molar-refractivity contribution < 1.29 is 23.9 Å². The Labute approximate surface area is 256 Å². The van der Waals surface area contributed by atoms with Crippen LogP contribution in [-0.2, 0) is 9.59 Å². The lowest BCUT2D eigenvalue weighted by Gasteiger charge is -2.33. The van der Waals surface area contributed by atoms with Crippen molar-refractivity contribution in [3.05, 3.63) is 131 Å². The van der Waals surface area contributed by atoms with E-state index in [9.17, 15) is 19.2 Å². The number of benzene rings is 4. The Kier molecular flexibility index (Phi) is 6.58. The monoisotopic (exact) mass is 632 g/mol. The van der Waals surface area contributed by atoms with E-state index in [0.717, 1.165) is 10.8 Å². The number of amides is 2. The molecule has 3 aliphatic heterocycles. The number of halogens is 1. The van der Waals surface area contributed by atoms with Crippen molar-refractivity contribution in [3.63, 3.8) is 0 Å². The minimum absolute atomic E-state index is 0.190. The van der Waals surface area contributed by atoms with Gasteiger partial charge in [-0.2, -0.15) is 0 Å². The first-order valence-corrected chi connectivity index (χ1v) is 14.7. The number of anilines is 1. The molecule has 4 atom stereocenters. The van der Waals surface area contributed by atoms with Crippen molar-refractivity contribution in [2.45, 2.75) is 12.1 Å². The minimum Gasteiger partial charge on any atom is -0.496 e. The molecule has 8 heteroatoms. The van der Waals surface area contributed by atoms with Crippen LogP contribution in [0.2, 0.25) is 0 Å². The topological polar surface area (TPSA) is 84.0 Å². The van der Waals surface area contributed by atoms with Crippen molar-refractivity contribution in [1.29, 1.82) is 0 Å². The second-order valence-corrected chi connectivity index (χ2v) is 11.6. The smallest absolute Gasteiger partial charge is 0.240 e. The van der Waals surface area contributed by atoms with Gasteiger partial charge in [-0.25, -0.2) is 4.90 Å². The van der Waals surface area contributed by atoms with Crippen LogP contribution in [0.1, 0.15) is 20.7 Å². The summed E-state index contributed by atoms with van der Waals surface area (Å²) in [6.07, 6.45) is 5.08. The van der Waals surface area contributed by atoms with Crippen LogP contribution in [0.5, 0.6) is 5.75 Å². The second kappa shape index (κ2) is 10.5. The third-order valence-electron chi connectivity index (χ3n) is 8.56. The van der Waals surface area contributed by atoms with Crippen molar-refractivity contribution in [2.75, 3.05) is 12.0 Å². The van der Waals surface area contributed by atoms with E-state index in [4.69, 9.17) is 4.74 Å². The van der Waals surface area contributed by atoms with Crippen LogP contribution in [0, 0.1) is 11.8 Å². The van der Waals surface area contributed by atoms with Gasteiger partial charge in [-0.05, 0) is 51.7 Å². The summed E-state index contributed by atoms with van der Waals surface area (Å²) in [6.45, 7) is 0. The highest BCUT2D eigenvalue weighted by atomic mass is 79.9. The van der Waals surface area contributed by atoms with E-state index < -0.39 is 29.8 Å². The van der Waals surface area contributed by atoms with Crippen molar-refractivity contribution in [3.8, 4) is 5.75 Å². The molecule has 0 saturated carbocycles. The second-order valence-electron chi connectivity index (χ2n) is 10.8. The molecule has 43 heavy (non-hydrogen) atoms. The first-order chi connectivity index (χ1) is 20.9. The molecule has 3 aliphatic rings. The van der Waals surface area contributed by atoms with Gasteiger partial charge in [0, 0.05) is 28.3 Å². The third kappa shape index (κ3) is 4.24. The quantitative estimate of drug-likeness (QED) is 0.192. The Hall–Kier alpha value is -4.82. The van der Waals surface area contributed by atoms with E-state index in [0.29, 0.717) is 32.6 Å². The highest BCUT2D eigenvalue weighted by Crippen LogP contribution is 2.48. The van der Waals surface area contributed by atoms with E-state index >= 15 is 0 Å². The maximum atomic E-state index is 14.3. The van der Waals surface area contributed by atoms with Crippen LogP contribution in [0.15, 0.2) is 119 Å². The highest BCUT2D eigenvalue weighted by Gasteiger charge is 2.63. The number of imide groups is 1. The number of ketones is 2. The molecular formula is C35H25BrN2O5. The van der Waals surface area contributed by atoms with Crippen molar-refractivity contribution >= 4 is 55.8 Å². The average Bonchev–Trinajstić information content (AvgIpc) is 3.51. The van der Waals surface area contributed by atoms with Crippen LogP contribution >= 0.6 is 15.9 Å². The van der Waals surface area contributed by atoms with Gasteiger partial charge in [-0.3, -0.25) is 19.2 Å². The number of fused-ring (bicyclic) bond motifs is 4. The van der Waals surface area contributed by atoms with Gasteiger partial charge in [0.1, 0.15) is 11.8 Å². The largest absolute Gasteiger partial charge is 0.496 e. The Morgan fingerprint density at radius 2 is 1.53 bits per heavy atom. The molecule has 0 aliphatic carbocycles. The fourth-order valence-corrected chi connectivity index (χ4v) is 7.13. The summed E-state index contributed by atoms with van der Waals surface area (Å²) in [5.74, 6) is -2.53. The van der Waals surface area contributed by atoms with Crippen molar-refractivity contribution in [2.24, 2.45) is 11.8 Å². The van der Waals surface area contributed by atoms with Crippen LogP contribution in [0.25, 0.3) is 10.8 Å². The van der Waals surface area contributed by atoms with Gasteiger partial charge in [0.25, 0.3) is 0 Å². The fourth-order valence-electron chi connectivity index (χ4n) is 6.59. The number of rotatable bonds is 6. The predicted octanol–water partition coefficient (Wildman–Crippen LogP) is 5.99. The molecule has 2 amide bonds. The Balaban J connectivity index is 1.34. The Morgan fingerprint density at radius 3 is 2.30 bits per heavy atom. The summed E-state index contributed by atoms with van der Waals surface area (Å²) in [7, 11) is 1.54. The standard InChI is InChI=1S/C35H25BrN2O5/c1-43-28-15-14-22(18-25(28)36)33(40)31-30-29(27-19-23(16-17-37(27)31)32(39)21-9-3-2-4-10-21)34(41)38(35(30)42)26-13-7-11-20-8-5-6-12-24(20)26/h2-19,27,29-31H,1H3/t27-,29+,30-,31+/m1/s1. The van der Waals surface area contributed by atoms with Gasteiger partial charge in [0.2, 0.25) is 11.8 Å². The fraction of sp³-hybridized carbons (Fsp3) is 0.143. The Bertz CT molecular complexity index is 1890. The molecule has 0 spiro atoms. The first kappa shape index (κ1) is 27.0. The number of Topliss-reactive ketones (excluding diaryl/α,β-unsaturated/α-hetero) is 2. The first-order valence-electron chi connectivity index (χ1n) is 13.9. The van der Waals surface area contributed by atoms with Gasteiger partial charge in [-0.15, -0.1) is 0 Å². The zero-order valence-electron chi connectivity index (χ0n) is 23.0. The molecule has 0 N–H and O–H groups in total. The maximum Gasteiger partial charge on any atom is 0.240 e. The highest BCUT2D eigenvalue weighted by molar-refractivity contribution is 9.10. The lowest BCUT2D eigenvalue weighted by Crippen LogP contribution is -2.46. The molecule has 0 bridgehead atoms. The molecular weight excluding hydrogens is 608 g/mol. The predicted molar refractivity (Wildman–Crippen MR) is 166 cm³/mol. The summed E-state index contributed by atoms with van der Waals surface area (Å²) in [6, 6.07) is 25.4. The SMILES string of the molecule is COc1ccc(C(=O)[C@@H]2[C@@H]3C(=O)N(c4cccc5ccccc45)C(=O)[C@H]3[C@H]3C=C(C(=O)c4ccccc4)C=CN32)cc1Br. The van der Waals surface area contributed by atoms with Gasteiger partial charge >= 0.3 is 0 Å². The number of methoxy groups -OCH3 is 1. The molecule has 0 aromatic heterocycles. The molecule has 0 unspecified atom stereocenters. The molecule has 3 heterocycles. The van der Waals surface area contributed by atoms with Crippen LogP contribution in [-0.4, -0.2) is 47.5 Å². The van der Waals surface area contributed by atoms with E-state index in [1.54, 1.807) is 71.8 Å². The zero-order valence-corrected chi connectivity index (χ0v) is 24.6. The lowest BCUT2D eigenvalue weighted by atomic mass is 9.85. The molecule has 2 fully saturated rings. The number of hydrogen-bond acceptors (Lipinski definition) is 6. The molecule has 0 radical (unpaired) electrons. The number of allylic oxidation sites excluding steroid dienone is 2. The van der Waals surface area contributed by atoms with E-state index in [2.05, 4.69) is 15.9 Å². The lowest BCUT2D eigenvalue weighted by molar-refractivity contribution is -0.123. The van der Waals surface area contributed by atoms with Crippen LogP contribution in [0.4, 0.5) is 5.69 Å². The van der Waals surface area contributed by atoms with Crippen LogP contribution < -0.4 is 9.64 Å². The Morgan fingerprint density at radius 1 is 0.814 bits per heavy atom. The van der Waals surface area contributed by atoms with Crippen molar-refractivity contribution in [1.82, 2.24) is 4.90 Å². The molecule has 7 rings (SSSR count). The summed E-state index contributed by atoms with van der Waals surface area (Å²) >= 11 is 3.46. The van der Waals surface area contributed by atoms with E-state index in [1.807, 2.05) is 42.5 Å². The molecule has 2 saturated heterocycles. The normalized spacial score (nSPS) is 22.4. The van der Waals surface area contributed by atoms with Gasteiger partial charge in [0.05, 0.1) is 35.1 Å². The minimum atomic E-state index is -0.951. The maximum absolute atomic E-state index is 14.3. The summed E-state index contributed by atoms with van der Waals surface area (Å²) in [4.78, 5) is 59.3. The van der Waals surface area contributed by atoms with Crippen LogP contribution in [0.3, 0.4) is 0 Å². The molecule has 4 aromatic carbocycles. The number of hydrogen-bond donors (Lipinski definition) is 0. The van der Waals surface area contributed by atoms with Gasteiger partial charge < -0.3 is 9.64 Å². The summed E-state index contributed by atoms with van der Waals surface area (Å²) in [5.41, 5.74) is 1.80. The number of ether oxygens (including phenoxy) is 1. The number of carbonyl (C=O) groups excluding carboxylic acids is 4. The van der Waals surface area contributed by atoms with E-state index in [1.165, 1.54) is 12.0 Å². The van der Waals surface area contributed by atoms with E-state index in [-0.39, 0.29) is 17.5 Å². The molecule has 7 nitrogen and oxygen atoms in total. The summed E-state index contributed by atoms with van der Waals surface area (Å²) < 4.78 is 5.94. The third-order valence-corrected chi connectivity index (χ3v) is 9.18. The molecule has 212 valence electrons. The average molecular weight is 633 g/mol. The summed E-state index contributed by atoms with van der Waals surface area (Å²) in [5, 5.41) is 1.66. The number of carbonyl (C=O) groups is 4. The van der Waals surface area contributed by atoms with Gasteiger partial charge in [-0.1, -0.05) is 72.8 Å².